The lowest BCUT2D eigenvalue weighted by Crippen LogP contribution is -2.36. The van der Waals surface area contributed by atoms with Crippen LogP contribution in [0.1, 0.15) is 33.1 Å². The molecule has 4 nitrogen and oxygen atoms in total. The minimum Gasteiger partial charge on any atom is -0.390 e. The molecule has 0 saturated carbocycles. The maximum Gasteiger partial charge on any atom is 0.220 e. The van der Waals surface area contributed by atoms with Crippen LogP contribution < -0.4 is 5.32 Å². The van der Waals surface area contributed by atoms with Crippen LogP contribution in [0.4, 0.5) is 0 Å². The van der Waals surface area contributed by atoms with Crippen molar-refractivity contribution in [2.24, 2.45) is 0 Å². The summed E-state index contributed by atoms with van der Waals surface area (Å²) in [5, 5.41) is 12.3. The quantitative estimate of drug-likeness (QED) is 0.694. The summed E-state index contributed by atoms with van der Waals surface area (Å²) in [6.45, 7) is 4.31. The Morgan fingerprint density at radius 2 is 2.36 bits per heavy atom. The average Bonchev–Trinajstić information content (AvgIpc) is 2.42. The van der Waals surface area contributed by atoms with Gasteiger partial charge >= 0.3 is 0 Å². The monoisotopic (exact) mass is 201 g/mol. The van der Waals surface area contributed by atoms with E-state index in [1.165, 1.54) is 0 Å². The molecule has 0 aliphatic carbocycles. The highest BCUT2D eigenvalue weighted by Crippen LogP contribution is 2.19. The molecule has 1 fully saturated rings. The van der Waals surface area contributed by atoms with Gasteiger partial charge in [-0.2, -0.15) is 0 Å². The SMILES string of the molecule is CCCC(=O)NCC1OC(C)CC1O. The molecule has 0 spiro atoms. The molecule has 2 N–H and O–H groups in total. The van der Waals surface area contributed by atoms with Gasteiger partial charge in [-0.05, 0) is 13.3 Å². The largest absolute Gasteiger partial charge is 0.390 e. The summed E-state index contributed by atoms with van der Waals surface area (Å²) in [5.74, 6) is 0.0304. The number of nitrogens with one attached hydrogen (secondary N) is 1. The van der Waals surface area contributed by atoms with Crippen molar-refractivity contribution < 1.29 is 14.6 Å². The molecule has 3 atom stereocenters. The van der Waals surface area contributed by atoms with Gasteiger partial charge in [0.05, 0.1) is 12.2 Å². The van der Waals surface area contributed by atoms with Gasteiger partial charge < -0.3 is 15.2 Å². The van der Waals surface area contributed by atoms with Gasteiger partial charge in [-0.1, -0.05) is 6.92 Å². The van der Waals surface area contributed by atoms with Crippen LogP contribution in [0.5, 0.6) is 0 Å². The molecule has 14 heavy (non-hydrogen) atoms. The van der Waals surface area contributed by atoms with E-state index in [2.05, 4.69) is 5.32 Å². The number of aliphatic hydroxyl groups is 1. The Labute approximate surface area is 84.6 Å². The lowest BCUT2D eigenvalue weighted by Gasteiger charge is -2.14. The molecule has 1 amide bonds. The standard InChI is InChI=1S/C10H19NO3/c1-3-4-10(13)11-6-9-8(12)5-7(2)14-9/h7-9,12H,3-6H2,1-2H3,(H,11,13). The van der Waals surface area contributed by atoms with Crippen molar-refractivity contribution in [1.82, 2.24) is 5.32 Å². The minimum atomic E-state index is -0.438. The van der Waals surface area contributed by atoms with Crippen LogP contribution in [-0.2, 0) is 9.53 Å². The third-order valence-electron chi connectivity index (χ3n) is 2.39. The average molecular weight is 201 g/mol. The molecule has 1 aliphatic heterocycles. The van der Waals surface area contributed by atoms with E-state index in [-0.39, 0.29) is 18.1 Å². The predicted octanol–water partition coefficient (Wildman–Crippen LogP) is 0.441. The first-order valence-electron chi connectivity index (χ1n) is 5.23. The van der Waals surface area contributed by atoms with Gasteiger partial charge in [0.1, 0.15) is 6.10 Å². The number of carbonyl (C=O) groups is 1. The van der Waals surface area contributed by atoms with E-state index in [9.17, 15) is 9.90 Å². The second-order valence-electron chi connectivity index (χ2n) is 3.84. The van der Waals surface area contributed by atoms with Crippen LogP contribution in [0.3, 0.4) is 0 Å². The highest BCUT2D eigenvalue weighted by molar-refractivity contribution is 5.75. The van der Waals surface area contributed by atoms with Crippen LogP contribution >= 0.6 is 0 Å². The number of rotatable bonds is 4. The Kier molecular flexibility index (Phi) is 4.35. The highest BCUT2D eigenvalue weighted by Gasteiger charge is 2.31. The molecule has 4 heteroatoms. The second-order valence-corrected chi connectivity index (χ2v) is 3.84. The zero-order valence-electron chi connectivity index (χ0n) is 8.82. The van der Waals surface area contributed by atoms with Gasteiger partial charge in [-0.3, -0.25) is 4.79 Å². The van der Waals surface area contributed by atoms with Gasteiger partial charge in [0.15, 0.2) is 0 Å². The Balaban J connectivity index is 2.21. The first-order chi connectivity index (χ1) is 6.63. The maximum atomic E-state index is 11.1. The second kappa shape index (κ2) is 5.32. The first-order valence-corrected chi connectivity index (χ1v) is 5.23. The van der Waals surface area contributed by atoms with Crippen molar-refractivity contribution in [3.8, 4) is 0 Å². The number of amides is 1. The molecule has 1 rings (SSSR count). The normalized spacial score (nSPS) is 31.8. The fourth-order valence-corrected chi connectivity index (χ4v) is 1.65. The summed E-state index contributed by atoms with van der Waals surface area (Å²) in [6.07, 6.45) is 1.47. The van der Waals surface area contributed by atoms with Gasteiger partial charge in [-0.15, -0.1) is 0 Å². The third kappa shape index (κ3) is 3.27. The van der Waals surface area contributed by atoms with E-state index in [1.807, 2.05) is 13.8 Å². The van der Waals surface area contributed by atoms with E-state index < -0.39 is 6.10 Å². The fraction of sp³-hybridized carbons (Fsp3) is 0.900. The van der Waals surface area contributed by atoms with Crippen molar-refractivity contribution in [3.63, 3.8) is 0 Å². The number of hydrogen-bond donors (Lipinski definition) is 2. The van der Waals surface area contributed by atoms with Crippen molar-refractivity contribution in [1.29, 1.82) is 0 Å². The van der Waals surface area contributed by atoms with E-state index >= 15 is 0 Å². The molecule has 0 radical (unpaired) electrons. The lowest BCUT2D eigenvalue weighted by molar-refractivity contribution is -0.122. The smallest absolute Gasteiger partial charge is 0.220 e. The Bertz CT molecular complexity index is 196. The number of aliphatic hydroxyl groups excluding tert-OH is 1. The molecule has 1 heterocycles. The van der Waals surface area contributed by atoms with Crippen molar-refractivity contribution >= 4 is 5.91 Å². The summed E-state index contributed by atoms with van der Waals surface area (Å²) in [7, 11) is 0. The zero-order valence-corrected chi connectivity index (χ0v) is 8.82. The van der Waals surface area contributed by atoms with Crippen molar-refractivity contribution in [3.05, 3.63) is 0 Å². The van der Waals surface area contributed by atoms with E-state index in [1.54, 1.807) is 0 Å². The van der Waals surface area contributed by atoms with Crippen LogP contribution in [0.25, 0.3) is 0 Å². The van der Waals surface area contributed by atoms with Crippen LogP contribution in [0.2, 0.25) is 0 Å². The fourth-order valence-electron chi connectivity index (χ4n) is 1.65. The van der Waals surface area contributed by atoms with Crippen LogP contribution in [0, 0.1) is 0 Å². The molecular formula is C10H19NO3. The number of ether oxygens (including phenoxy) is 1. The zero-order chi connectivity index (χ0) is 10.6. The third-order valence-corrected chi connectivity index (χ3v) is 2.39. The maximum absolute atomic E-state index is 11.1. The molecule has 0 bridgehead atoms. The van der Waals surface area contributed by atoms with Crippen molar-refractivity contribution in [2.45, 2.75) is 51.4 Å². The summed E-state index contributed by atoms with van der Waals surface area (Å²) < 4.78 is 5.44. The van der Waals surface area contributed by atoms with Crippen molar-refractivity contribution in [2.75, 3.05) is 6.54 Å². The molecular weight excluding hydrogens is 182 g/mol. The van der Waals surface area contributed by atoms with Gasteiger partial charge in [0.2, 0.25) is 5.91 Å². The Morgan fingerprint density at radius 3 is 2.86 bits per heavy atom. The molecule has 0 aromatic heterocycles. The van der Waals surface area contributed by atoms with E-state index in [0.717, 1.165) is 6.42 Å². The number of carbonyl (C=O) groups excluding carboxylic acids is 1. The van der Waals surface area contributed by atoms with Crippen LogP contribution in [0.15, 0.2) is 0 Å². The predicted molar refractivity (Wildman–Crippen MR) is 52.9 cm³/mol. The molecule has 0 aromatic carbocycles. The summed E-state index contributed by atoms with van der Waals surface area (Å²) in [6, 6.07) is 0. The van der Waals surface area contributed by atoms with Gasteiger partial charge in [-0.25, -0.2) is 0 Å². The Hall–Kier alpha value is -0.610. The first kappa shape index (κ1) is 11.5. The summed E-state index contributed by atoms with van der Waals surface area (Å²) in [5.41, 5.74) is 0. The van der Waals surface area contributed by atoms with Crippen LogP contribution in [-0.4, -0.2) is 35.9 Å². The van der Waals surface area contributed by atoms with E-state index in [4.69, 9.17) is 4.74 Å². The summed E-state index contributed by atoms with van der Waals surface area (Å²) in [4.78, 5) is 11.1. The number of hydrogen-bond acceptors (Lipinski definition) is 3. The Morgan fingerprint density at radius 1 is 1.64 bits per heavy atom. The lowest BCUT2D eigenvalue weighted by atomic mass is 10.1. The van der Waals surface area contributed by atoms with E-state index in [0.29, 0.717) is 19.4 Å². The van der Waals surface area contributed by atoms with Gasteiger partial charge in [0.25, 0.3) is 0 Å². The van der Waals surface area contributed by atoms with Gasteiger partial charge in [0, 0.05) is 19.4 Å². The topological polar surface area (TPSA) is 58.6 Å². The molecule has 1 aliphatic rings. The molecule has 3 unspecified atom stereocenters. The molecule has 0 aromatic rings. The summed E-state index contributed by atoms with van der Waals surface area (Å²) >= 11 is 0. The molecule has 82 valence electrons. The minimum absolute atomic E-state index is 0.0304. The molecule has 1 saturated heterocycles. The highest BCUT2D eigenvalue weighted by atomic mass is 16.5.